The molecule has 0 unspecified atom stereocenters. The van der Waals surface area contributed by atoms with Crippen LogP contribution in [0.15, 0.2) is 35.5 Å². The molecule has 0 aliphatic rings. The van der Waals surface area contributed by atoms with Gasteiger partial charge in [0.15, 0.2) is 16.8 Å². The van der Waals surface area contributed by atoms with Gasteiger partial charge in [0.25, 0.3) is 0 Å². The second kappa shape index (κ2) is 6.84. The summed E-state index contributed by atoms with van der Waals surface area (Å²) in [6, 6.07) is 8.02. The van der Waals surface area contributed by atoms with E-state index < -0.39 is 0 Å². The largest absolute Gasteiger partial charge is 0.351 e. The van der Waals surface area contributed by atoms with Crippen molar-refractivity contribution >= 4 is 17.5 Å². The first kappa shape index (κ1) is 17.4. The molecule has 0 N–H and O–H groups in total. The van der Waals surface area contributed by atoms with Crippen molar-refractivity contribution in [2.24, 2.45) is 14.1 Å². The Balaban J connectivity index is 1.75. The summed E-state index contributed by atoms with van der Waals surface area (Å²) in [5, 5.41) is 8.96. The Hall–Kier alpha value is -2.41. The van der Waals surface area contributed by atoms with E-state index in [0.717, 1.165) is 22.5 Å². The molecule has 25 heavy (non-hydrogen) atoms. The standard InChI is InChI=1S/C18H19FN4OS/c1-11-9-15(12(2)22(11)3)16(24)10-25-18-21-20-17(23(18)4)13-5-7-14(19)8-6-13/h5-9H,10H2,1-4H3. The van der Waals surface area contributed by atoms with Crippen molar-refractivity contribution in [2.75, 3.05) is 5.75 Å². The number of nitrogens with zero attached hydrogens (tertiary/aromatic N) is 4. The lowest BCUT2D eigenvalue weighted by Gasteiger charge is -2.04. The summed E-state index contributed by atoms with van der Waals surface area (Å²) >= 11 is 1.35. The molecule has 0 bridgehead atoms. The quantitative estimate of drug-likeness (QED) is 0.517. The van der Waals surface area contributed by atoms with Crippen molar-refractivity contribution in [1.82, 2.24) is 19.3 Å². The van der Waals surface area contributed by atoms with E-state index in [4.69, 9.17) is 0 Å². The Kier molecular flexibility index (Phi) is 4.76. The maximum atomic E-state index is 13.1. The monoisotopic (exact) mass is 358 g/mol. The fraction of sp³-hybridized carbons (Fsp3) is 0.278. The second-order valence-electron chi connectivity index (χ2n) is 5.93. The lowest BCUT2D eigenvalue weighted by molar-refractivity contribution is 0.102. The SMILES string of the molecule is Cc1cc(C(=O)CSc2nnc(-c3ccc(F)cc3)n2C)c(C)n1C. The molecule has 2 heterocycles. The Morgan fingerprint density at radius 2 is 1.80 bits per heavy atom. The van der Waals surface area contributed by atoms with Crippen LogP contribution in [0.25, 0.3) is 11.4 Å². The fourth-order valence-electron chi connectivity index (χ4n) is 2.64. The van der Waals surface area contributed by atoms with Crippen LogP contribution in [0, 0.1) is 19.7 Å². The number of thioether (sulfide) groups is 1. The number of carbonyl (C=O) groups is 1. The lowest BCUT2D eigenvalue weighted by Crippen LogP contribution is -2.05. The van der Waals surface area contributed by atoms with Crippen molar-refractivity contribution in [1.29, 1.82) is 0 Å². The molecule has 1 aromatic carbocycles. The van der Waals surface area contributed by atoms with Gasteiger partial charge in [-0.2, -0.15) is 0 Å². The van der Waals surface area contributed by atoms with Crippen molar-refractivity contribution in [2.45, 2.75) is 19.0 Å². The van der Waals surface area contributed by atoms with E-state index in [9.17, 15) is 9.18 Å². The van der Waals surface area contributed by atoms with E-state index in [1.165, 1.54) is 23.9 Å². The highest BCUT2D eigenvalue weighted by molar-refractivity contribution is 7.99. The molecule has 0 amide bonds. The number of halogens is 1. The van der Waals surface area contributed by atoms with Crippen LogP contribution >= 0.6 is 11.8 Å². The molecule has 0 aliphatic carbocycles. The van der Waals surface area contributed by atoms with E-state index in [1.54, 1.807) is 12.1 Å². The summed E-state index contributed by atoms with van der Waals surface area (Å²) in [7, 11) is 3.79. The first-order valence-corrected chi connectivity index (χ1v) is 8.81. The van der Waals surface area contributed by atoms with E-state index >= 15 is 0 Å². The second-order valence-corrected chi connectivity index (χ2v) is 6.87. The predicted molar refractivity (Wildman–Crippen MR) is 96.3 cm³/mol. The van der Waals surface area contributed by atoms with Gasteiger partial charge in [-0.05, 0) is 44.2 Å². The maximum absolute atomic E-state index is 13.1. The Morgan fingerprint density at radius 3 is 2.40 bits per heavy atom. The summed E-state index contributed by atoms with van der Waals surface area (Å²) in [5.74, 6) is 0.707. The van der Waals surface area contributed by atoms with Crippen LogP contribution in [0.5, 0.6) is 0 Å². The Bertz CT molecular complexity index is 927. The Morgan fingerprint density at radius 1 is 1.12 bits per heavy atom. The average molecular weight is 358 g/mol. The zero-order valence-electron chi connectivity index (χ0n) is 14.6. The van der Waals surface area contributed by atoms with Crippen LogP contribution in [0.2, 0.25) is 0 Å². The van der Waals surface area contributed by atoms with Gasteiger partial charge in [-0.3, -0.25) is 4.79 Å². The number of hydrogen-bond acceptors (Lipinski definition) is 4. The van der Waals surface area contributed by atoms with Gasteiger partial charge in [-0.15, -0.1) is 10.2 Å². The topological polar surface area (TPSA) is 52.7 Å². The molecule has 0 radical (unpaired) electrons. The van der Waals surface area contributed by atoms with Crippen LogP contribution in [0.1, 0.15) is 21.7 Å². The average Bonchev–Trinajstić information content (AvgIpc) is 3.08. The first-order chi connectivity index (χ1) is 11.9. The predicted octanol–water partition coefficient (Wildman–Crippen LogP) is 3.55. The first-order valence-electron chi connectivity index (χ1n) is 7.82. The van der Waals surface area contributed by atoms with Crippen molar-refractivity contribution in [3.63, 3.8) is 0 Å². The van der Waals surface area contributed by atoms with Gasteiger partial charge in [-0.1, -0.05) is 11.8 Å². The van der Waals surface area contributed by atoms with Crippen molar-refractivity contribution in [3.05, 3.63) is 53.1 Å². The molecule has 0 saturated carbocycles. The van der Waals surface area contributed by atoms with Gasteiger partial charge in [0.1, 0.15) is 5.82 Å². The molecular weight excluding hydrogens is 339 g/mol. The smallest absolute Gasteiger partial charge is 0.191 e. The molecule has 7 heteroatoms. The van der Waals surface area contributed by atoms with Crippen LogP contribution < -0.4 is 0 Å². The molecule has 0 aliphatic heterocycles. The molecular formula is C18H19FN4OS. The maximum Gasteiger partial charge on any atom is 0.191 e. The molecule has 0 fully saturated rings. The molecule has 0 atom stereocenters. The van der Waals surface area contributed by atoms with Crippen LogP contribution in [-0.2, 0) is 14.1 Å². The number of aryl methyl sites for hydroxylation is 1. The number of Topliss-reactive ketones (excluding diaryl/α,β-unsaturated/α-hetero) is 1. The summed E-state index contributed by atoms with van der Waals surface area (Å²) in [6.45, 7) is 3.93. The van der Waals surface area contributed by atoms with Crippen LogP contribution in [0.3, 0.4) is 0 Å². The minimum absolute atomic E-state index is 0.0672. The van der Waals surface area contributed by atoms with Crippen LogP contribution in [-0.4, -0.2) is 30.9 Å². The summed E-state index contributed by atoms with van der Waals surface area (Å²) in [4.78, 5) is 12.5. The summed E-state index contributed by atoms with van der Waals surface area (Å²) in [5.41, 5.74) is 3.55. The lowest BCUT2D eigenvalue weighted by atomic mass is 10.2. The number of carbonyl (C=O) groups excluding carboxylic acids is 1. The highest BCUT2D eigenvalue weighted by Gasteiger charge is 2.17. The zero-order chi connectivity index (χ0) is 18.1. The van der Waals surface area contributed by atoms with E-state index in [0.29, 0.717) is 16.7 Å². The highest BCUT2D eigenvalue weighted by Crippen LogP contribution is 2.24. The molecule has 2 aromatic heterocycles. The van der Waals surface area contributed by atoms with E-state index in [2.05, 4.69) is 10.2 Å². The normalized spacial score (nSPS) is 11.1. The molecule has 3 aromatic rings. The Labute approximate surface area is 149 Å². The van der Waals surface area contributed by atoms with Crippen molar-refractivity contribution in [3.8, 4) is 11.4 Å². The summed E-state index contributed by atoms with van der Waals surface area (Å²) < 4.78 is 16.9. The molecule has 3 rings (SSSR count). The van der Waals surface area contributed by atoms with Crippen molar-refractivity contribution < 1.29 is 9.18 Å². The van der Waals surface area contributed by atoms with Gasteiger partial charge in [0.2, 0.25) is 0 Å². The minimum Gasteiger partial charge on any atom is -0.351 e. The highest BCUT2D eigenvalue weighted by atomic mass is 32.2. The molecule has 0 spiro atoms. The third-order valence-electron chi connectivity index (χ3n) is 4.35. The van der Waals surface area contributed by atoms with Gasteiger partial charge in [-0.25, -0.2) is 4.39 Å². The van der Waals surface area contributed by atoms with E-state index in [1.807, 2.05) is 43.1 Å². The van der Waals surface area contributed by atoms with Gasteiger partial charge in [0.05, 0.1) is 5.75 Å². The molecule has 5 nitrogen and oxygen atoms in total. The zero-order valence-corrected chi connectivity index (χ0v) is 15.4. The number of aromatic nitrogens is 4. The number of hydrogen-bond donors (Lipinski definition) is 0. The third kappa shape index (κ3) is 3.37. The summed E-state index contributed by atoms with van der Waals surface area (Å²) in [6.07, 6.45) is 0. The van der Waals surface area contributed by atoms with Gasteiger partial charge in [0, 0.05) is 36.6 Å². The third-order valence-corrected chi connectivity index (χ3v) is 5.37. The van der Waals surface area contributed by atoms with E-state index in [-0.39, 0.29) is 11.6 Å². The number of benzene rings is 1. The molecule has 0 saturated heterocycles. The van der Waals surface area contributed by atoms with Crippen LogP contribution in [0.4, 0.5) is 4.39 Å². The van der Waals surface area contributed by atoms with Gasteiger partial charge >= 0.3 is 0 Å². The fourth-order valence-corrected chi connectivity index (χ4v) is 3.43. The van der Waals surface area contributed by atoms with Gasteiger partial charge < -0.3 is 9.13 Å². The number of rotatable bonds is 5. The number of ketones is 1. The molecule has 130 valence electrons. The minimum atomic E-state index is -0.292.